The van der Waals surface area contributed by atoms with Crippen LogP contribution in [0.25, 0.3) is 11.1 Å². The monoisotopic (exact) mass is 766 g/mol. The molecule has 0 aliphatic carbocycles. The predicted octanol–water partition coefficient (Wildman–Crippen LogP) is 9.53. The van der Waals surface area contributed by atoms with E-state index in [1.165, 1.54) is 6.92 Å². The number of aromatic nitrogens is 1. The van der Waals surface area contributed by atoms with E-state index >= 15 is 0 Å². The molecule has 0 saturated carbocycles. The average Bonchev–Trinajstić information content (AvgIpc) is 2.94. The molecule has 2 atom stereocenters. The van der Waals surface area contributed by atoms with E-state index in [9.17, 15) is 9.59 Å². The Morgan fingerprint density at radius 1 is 0.875 bits per heavy atom. The van der Waals surface area contributed by atoms with Crippen molar-refractivity contribution in [3.8, 4) is 22.6 Å². The molecule has 48 heavy (non-hydrogen) atoms. The van der Waals surface area contributed by atoms with Gasteiger partial charge in [0.25, 0.3) is 0 Å². The van der Waals surface area contributed by atoms with Gasteiger partial charge in [-0.1, -0.05) is 72.9 Å². The number of hydrogen-bond donors (Lipinski definition) is 3. The molecule has 0 bridgehead atoms. The first-order valence-corrected chi connectivity index (χ1v) is 17.5. The van der Waals surface area contributed by atoms with Gasteiger partial charge in [-0.3, -0.25) is 4.79 Å². The number of nitrogens with two attached hydrogens (primary N) is 1. The largest absolute Gasteiger partial charge is 0.490 e. The van der Waals surface area contributed by atoms with E-state index in [1.54, 1.807) is 24.4 Å². The summed E-state index contributed by atoms with van der Waals surface area (Å²) in [4.78, 5) is 27.2. The minimum absolute atomic E-state index is 0.0174. The maximum Gasteiger partial charge on any atom is 0.407 e. The van der Waals surface area contributed by atoms with Gasteiger partial charge < -0.3 is 30.6 Å². The molecule has 3 aromatic rings. The second-order valence-corrected chi connectivity index (χ2v) is 15.0. The SMILES string of the molecule is CC(=O)Nc1cc(-c2ccc(OC[C@@H](N)CC(C)C)c(Cl)c2)ccn1.CC(C)C[C@@H](COc1ccc(Br)cc1Cl)NC(=O)OC(C)(C)C. The second kappa shape index (κ2) is 19.8. The summed E-state index contributed by atoms with van der Waals surface area (Å²) in [7, 11) is 0. The number of pyridine rings is 1. The first kappa shape index (κ1) is 41.1. The zero-order valence-electron chi connectivity index (χ0n) is 29.0. The lowest BCUT2D eigenvalue weighted by atomic mass is 10.0. The van der Waals surface area contributed by atoms with Crippen molar-refractivity contribution in [3.63, 3.8) is 0 Å². The summed E-state index contributed by atoms with van der Waals surface area (Å²) in [6, 6.07) is 14.5. The van der Waals surface area contributed by atoms with Crippen molar-refractivity contribution in [2.24, 2.45) is 17.6 Å². The van der Waals surface area contributed by atoms with Crippen LogP contribution in [0.15, 0.2) is 59.2 Å². The van der Waals surface area contributed by atoms with Gasteiger partial charge in [-0.2, -0.15) is 0 Å². The van der Waals surface area contributed by atoms with E-state index in [1.807, 2.05) is 51.1 Å². The maximum absolute atomic E-state index is 12.0. The number of anilines is 1. The van der Waals surface area contributed by atoms with Crippen LogP contribution in [0.5, 0.6) is 11.5 Å². The number of ether oxygens (including phenoxy) is 3. The van der Waals surface area contributed by atoms with Gasteiger partial charge in [-0.05, 0) is 99.0 Å². The molecule has 2 aromatic carbocycles. The smallest absolute Gasteiger partial charge is 0.407 e. The topological polar surface area (TPSA) is 125 Å². The fourth-order valence-corrected chi connectivity index (χ4v) is 5.48. The lowest BCUT2D eigenvalue weighted by Crippen LogP contribution is -2.42. The van der Waals surface area contributed by atoms with Crippen molar-refractivity contribution < 1.29 is 23.8 Å². The third kappa shape index (κ3) is 16.4. The van der Waals surface area contributed by atoms with E-state index in [-0.39, 0.29) is 18.0 Å². The van der Waals surface area contributed by atoms with E-state index in [0.29, 0.717) is 52.4 Å². The number of hydrogen-bond acceptors (Lipinski definition) is 7. The molecular weight excluding hydrogens is 719 g/mol. The molecule has 2 amide bonds. The Kier molecular flexibility index (Phi) is 17.0. The summed E-state index contributed by atoms with van der Waals surface area (Å²) in [6.45, 7) is 16.2. The minimum atomic E-state index is -0.525. The third-order valence-electron chi connectivity index (χ3n) is 6.37. The summed E-state index contributed by atoms with van der Waals surface area (Å²) in [5, 5.41) is 6.58. The molecule has 264 valence electrons. The van der Waals surface area contributed by atoms with Crippen LogP contribution in [-0.4, -0.2) is 47.9 Å². The Morgan fingerprint density at radius 3 is 2.02 bits per heavy atom. The van der Waals surface area contributed by atoms with Gasteiger partial charge >= 0.3 is 6.09 Å². The molecule has 9 nitrogen and oxygen atoms in total. The van der Waals surface area contributed by atoms with E-state index < -0.39 is 11.7 Å². The highest BCUT2D eigenvalue weighted by atomic mass is 79.9. The Hall–Kier alpha value is -3.05. The van der Waals surface area contributed by atoms with Crippen molar-refractivity contribution in [2.75, 3.05) is 18.5 Å². The summed E-state index contributed by atoms with van der Waals surface area (Å²) >= 11 is 15.8. The molecular formula is C36H49BrCl2N4O5. The molecule has 0 unspecified atom stereocenters. The average molecular weight is 769 g/mol. The van der Waals surface area contributed by atoms with Crippen molar-refractivity contribution in [2.45, 2.75) is 85.9 Å². The van der Waals surface area contributed by atoms with Gasteiger partial charge in [0.05, 0.1) is 16.1 Å². The number of benzene rings is 2. The number of carbonyl (C=O) groups excluding carboxylic acids is 2. The highest BCUT2D eigenvalue weighted by Gasteiger charge is 2.21. The molecule has 1 aromatic heterocycles. The molecule has 0 fully saturated rings. The normalized spacial score (nSPS) is 12.5. The molecule has 0 radical (unpaired) electrons. The number of carbonyl (C=O) groups is 2. The van der Waals surface area contributed by atoms with Gasteiger partial charge in [-0.25, -0.2) is 9.78 Å². The van der Waals surface area contributed by atoms with Crippen LogP contribution in [0.3, 0.4) is 0 Å². The van der Waals surface area contributed by atoms with Crippen LogP contribution in [0.1, 0.15) is 68.2 Å². The Bertz CT molecular complexity index is 1480. The first-order valence-electron chi connectivity index (χ1n) is 15.9. The zero-order valence-corrected chi connectivity index (χ0v) is 32.1. The summed E-state index contributed by atoms with van der Waals surface area (Å²) < 4.78 is 17.7. The number of nitrogens with zero attached hydrogens (tertiary/aromatic N) is 1. The molecule has 1 heterocycles. The van der Waals surface area contributed by atoms with Crippen LogP contribution in [0, 0.1) is 11.8 Å². The first-order chi connectivity index (χ1) is 22.4. The van der Waals surface area contributed by atoms with Gasteiger partial charge in [0, 0.05) is 23.6 Å². The molecule has 4 N–H and O–H groups in total. The number of alkyl carbamates (subject to hydrolysis) is 1. The Labute approximate surface area is 303 Å². The van der Waals surface area contributed by atoms with Gasteiger partial charge in [-0.15, -0.1) is 0 Å². The van der Waals surface area contributed by atoms with Crippen molar-refractivity contribution in [3.05, 3.63) is 69.2 Å². The standard InChI is InChI=1S/C19H24ClN3O2.C17H25BrClNO3/c1-12(2)8-16(21)11-25-18-5-4-14(9-17(18)20)15-6-7-22-19(10-15)23-13(3)24;1-11(2)8-13(20-16(21)23-17(3,4)5)10-22-15-7-6-12(18)9-14(15)19/h4-7,9-10,12,16H,8,11,21H2,1-3H3,(H,22,23,24);6-7,9,11,13H,8,10H2,1-5H3,(H,20,21)/t16-;13-/m00/s1. The lowest BCUT2D eigenvalue weighted by Gasteiger charge is -2.25. The molecule has 0 saturated heterocycles. The highest BCUT2D eigenvalue weighted by Crippen LogP contribution is 2.31. The molecule has 0 aliphatic heterocycles. The van der Waals surface area contributed by atoms with Crippen LogP contribution >= 0.6 is 39.1 Å². The zero-order chi connectivity index (χ0) is 36.0. The highest BCUT2D eigenvalue weighted by molar-refractivity contribution is 9.10. The summed E-state index contributed by atoms with van der Waals surface area (Å²) in [6.07, 6.45) is 2.89. The number of halogens is 3. The summed E-state index contributed by atoms with van der Waals surface area (Å²) in [5.74, 6) is 2.49. The minimum Gasteiger partial charge on any atom is -0.490 e. The number of amides is 2. The fraction of sp³-hybridized carbons (Fsp3) is 0.472. The van der Waals surface area contributed by atoms with Crippen LogP contribution in [-0.2, 0) is 9.53 Å². The fourth-order valence-electron chi connectivity index (χ4n) is 4.52. The molecule has 0 spiro atoms. The van der Waals surface area contributed by atoms with E-state index in [4.69, 9.17) is 43.1 Å². The molecule has 0 aliphatic rings. The second-order valence-electron chi connectivity index (χ2n) is 13.3. The Balaban J connectivity index is 0.000000335. The van der Waals surface area contributed by atoms with E-state index in [2.05, 4.69) is 59.2 Å². The predicted molar refractivity (Wildman–Crippen MR) is 199 cm³/mol. The lowest BCUT2D eigenvalue weighted by molar-refractivity contribution is -0.114. The van der Waals surface area contributed by atoms with Crippen LogP contribution in [0.4, 0.5) is 10.6 Å². The van der Waals surface area contributed by atoms with Crippen molar-refractivity contribution >= 4 is 57.0 Å². The molecule has 12 heteroatoms. The number of rotatable bonds is 13. The van der Waals surface area contributed by atoms with E-state index in [0.717, 1.165) is 28.4 Å². The van der Waals surface area contributed by atoms with Gasteiger partial charge in [0.1, 0.15) is 36.1 Å². The molecule has 3 rings (SSSR count). The van der Waals surface area contributed by atoms with Crippen molar-refractivity contribution in [1.29, 1.82) is 0 Å². The Morgan fingerprint density at radius 2 is 1.46 bits per heavy atom. The van der Waals surface area contributed by atoms with Crippen molar-refractivity contribution in [1.82, 2.24) is 10.3 Å². The quantitative estimate of drug-likeness (QED) is 0.158. The van der Waals surface area contributed by atoms with Crippen LogP contribution < -0.4 is 25.8 Å². The third-order valence-corrected chi connectivity index (χ3v) is 7.45. The number of nitrogens with one attached hydrogen (secondary N) is 2. The maximum atomic E-state index is 12.0. The van der Waals surface area contributed by atoms with Crippen LogP contribution in [0.2, 0.25) is 10.0 Å². The van der Waals surface area contributed by atoms with Gasteiger partial charge in [0.2, 0.25) is 5.91 Å². The van der Waals surface area contributed by atoms with Gasteiger partial charge in [0.15, 0.2) is 0 Å². The summed E-state index contributed by atoms with van der Waals surface area (Å²) in [5.41, 5.74) is 7.34.